The fraction of sp³-hybridized carbons (Fsp3) is 0.0625. The molecule has 0 spiro atoms. The molecule has 0 aliphatic carbocycles. The molecule has 0 atom stereocenters. The van der Waals surface area contributed by atoms with Crippen molar-refractivity contribution in [3.63, 3.8) is 0 Å². The van der Waals surface area contributed by atoms with Crippen LogP contribution in [0.5, 0.6) is 0 Å². The van der Waals surface area contributed by atoms with Crippen molar-refractivity contribution in [3.05, 3.63) is 66.4 Å². The van der Waals surface area contributed by atoms with E-state index in [1.54, 1.807) is 30.3 Å². The topological polar surface area (TPSA) is 90.0 Å². The summed E-state index contributed by atoms with van der Waals surface area (Å²) in [5.74, 6) is 0. The number of hydrogen-bond donors (Lipinski definition) is 2. The van der Waals surface area contributed by atoms with E-state index in [0.717, 1.165) is 10.7 Å². The van der Waals surface area contributed by atoms with Gasteiger partial charge < -0.3 is 0 Å². The maximum atomic E-state index is 13.1. The summed E-state index contributed by atoms with van der Waals surface area (Å²) in [5.41, 5.74) is 0.301. The van der Waals surface area contributed by atoms with Crippen LogP contribution in [0, 0.1) is 0 Å². The fourth-order valence-electron chi connectivity index (χ4n) is 2.37. The Morgan fingerprint density at radius 3 is 2.15 bits per heavy atom. The van der Waals surface area contributed by atoms with Gasteiger partial charge in [-0.05, 0) is 30.3 Å². The molecule has 10 heteroatoms. The van der Waals surface area contributed by atoms with Gasteiger partial charge in [0.25, 0.3) is 10.2 Å². The van der Waals surface area contributed by atoms with Crippen LogP contribution >= 0.6 is 0 Å². The average Bonchev–Trinajstić information content (AvgIpc) is 3.00. The summed E-state index contributed by atoms with van der Waals surface area (Å²) in [6, 6.07) is 15.1. The van der Waals surface area contributed by atoms with Crippen molar-refractivity contribution in [2.24, 2.45) is 5.14 Å². The minimum Gasteiger partial charge on any atom is -0.271 e. The van der Waals surface area contributed by atoms with Crippen LogP contribution in [0.15, 0.2) is 60.7 Å². The molecule has 2 aromatic carbocycles. The quantitative estimate of drug-likeness (QED) is 0.726. The Labute approximate surface area is 147 Å². The highest BCUT2D eigenvalue weighted by molar-refractivity contribution is 7.90. The number of nitrogens with two attached hydrogens (primary N) is 1. The molecule has 1 heterocycles. The lowest BCUT2D eigenvalue weighted by atomic mass is 10.1. The van der Waals surface area contributed by atoms with Crippen LogP contribution in [0.3, 0.4) is 0 Å². The molecule has 0 fully saturated rings. The molecule has 0 aliphatic rings. The zero-order valence-electron chi connectivity index (χ0n) is 13.1. The maximum Gasteiger partial charge on any atom is 0.435 e. The number of nitrogens with one attached hydrogen (secondary N) is 1. The summed E-state index contributed by atoms with van der Waals surface area (Å²) < 4.78 is 64.6. The molecule has 0 bridgehead atoms. The lowest BCUT2D eigenvalue weighted by Gasteiger charge is -2.09. The molecule has 0 amide bonds. The molecule has 6 nitrogen and oxygen atoms in total. The summed E-state index contributed by atoms with van der Waals surface area (Å²) in [4.78, 5) is 0. The molecule has 1 aromatic heterocycles. The van der Waals surface area contributed by atoms with Gasteiger partial charge in [-0.25, -0.2) is 9.82 Å². The first-order chi connectivity index (χ1) is 12.1. The van der Waals surface area contributed by atoms with E-state index in [9.17, 15) is 21.6 Å². The number of rotatable bonds is 4. The van der Waals surface area contributed by atoms with Crippen molar-refractivity contribution in [2.75, 3.05) is 4.72 Å². The summed E-state index contributed by atoms with van der Waals surface area (Å²) in [6.07, 6.45) is -4.59. The molecule has 3 rings (SSSR count). The third-order valence-electron chi connectivity index (χ3n) is 3.44. The van der Waals surface area contributed by atoms with Crippen LogP contribution in [0.4, 0.5) is 18.9 Å². The molecule has 0 saturated carbocycles. The van der Waals surface area contributed by atoms with Crippen LogP contribution in [-0.2, 0) is 16.4 Å². The first-order valence-corrected chi connectivity index (χ1v) is 8.82. The van der Waals surface area contributed by atoms with E-state index >= 15 is 0 Å². The number of halogens is 3. The van der Waals surface area contributed by atoms with Gasteiger partial charge in [-0.15, -0.1) is 0 Å². The normalized spacial score (nSPS) is 12.2. The van der Waals surface area contributed by atoms with Crippen LogP contribution in [0.25, 0.3) is 16.9 Å². The largest absolute Gasteiger partial charge is 0.435 e. The molecular formula is C16H13F3N4O2S. The minimum atomic E-state index is -4.59. The predicted octanol–water partition coefficient (Wildman–Crippen LogP) is 3.17. The monoisotopic (exact) mass is 382 g/mol. The van der Waals surface area contributed by atoms with Gasteiger partial charge in [-0.2, -0.15) is 26.7 Å². The third-order valence-corrected chi connectivity index (χ3v) is 3.96. The Morgan fingerprint density at radius 1 is 1.00 bits per heavy atom. The molecule has 0 unspecified atom stereocenters. The summed E-state index contributed by atoms with van der Waals surface area (Å²) in [7, 11) is -3.94. The van der Waals surface area contributed by atoms with E-state index in [-0.39, 0.29) is 11.4 Å². The maximum absolute atomic E-state index is 13.1. The predicted molar refractivity (Wildman–Crippen MR) is 90.7 cm³/mol. The Morgan fingerprint density at radius 2 is 1.62 bits per heavy atom. The van der Waals surface area contributed by atoms with Gasteiger partial charge in [0.15, 0.2) is 5.69 Å². The van der Waals surface area contributed by atoms with Crippen molar-refractivity contribution < 1.29 is 21.6 Å². The second-order valence-electron chi connectivity index (χ2n) is 5.38. The summed E-state index contributed by atoms with van der Waals surface area (Å²) in [6.45, 7) is 0. The second kappa shape index (κ2) is 6.46. The highest BCUT2D eigenvalue weighted by atomic mass is 32.2. The van der Waals surface area contributed by atoms with Gasteiger partial charge >= 0.3 is 6.18 Å². The zero-order chi connectivity index (χ0) is 18.9. The number of hydrogen-bond acceptors (Lipinski definition) is 3. The summed E-state index contributed by atoms with van der Waals surface area (Å²) >= 11 is 0. The highest BCUT2D eigenvalue weighted by Crippen LogP contribution is 2.33. The Kier molecular flexibility index (Phi) is 4.46. The SMILES string of the molecule is NS(=O)(=O)Nc1ccc(-n2nc(C(F)(F)F)cc2-c2ccccc2)cc1. The lowest BCUT2D eigenvalue weighted by Crippen LogP contribution is -2.21. The van der Waals surface area contributed by atoms with Crippen molar-refractivity contribution in [2.45, 2.75) is 6.18 Å². The first kappa shape index (κ1) is 18.0. The standard InChI is InChI=1S/C16H13F3N4O2S/c17-16(18,19)15-10-14(11-4-2-1-3-5-11)23(21-15)13-8-6-12(7-9-13)22-26(20,24)25/h1-10,22H,(H2,20,24,25). The highest BCUT2D eigenvalue weighted by Gasteiger charge is 2.35. The van der Waals surface area contributed by atoms with Crippen molar-refractivity contribution in [1.82, 2.24) is 9.78 Å². The Bertz CT molecular complexity index is 1010. The average molecular weight is 382 g/mol. The van der Waals surface area contributed by atoms with Crippen molar-refractivity contribution in [3.8, 4) is 16.9 Å². The van der Waals surface area contributed by atoms with Crippen molar-refractivity contribution >= 4 is 15.9 Å². The van der Waals surface area contributed by atoms with Crippen LogP contribution < -0.4 is 9.86 Å². The van der Waals surface area contributed by atoms with E-state index in [1.165, 1.54) is 24.3 Å². The number of alkyl halides is 3. The van der Waals surface area contributed by atoms with E-state index < -0.39 is 22.1 Å². The van der Waals surface area contributed by atoms with Gasteiger partial charge in [0.05, 0.1) is 11.4 Å². The number of benzene rings is 2. The van der Waals surface area contributed by atoms with Crippen LogP contribution in [0.1, 0.15) is 5.69 Å². The molecule has 0 radical (unpaired) electrons. The molecule has 26 heavy (non-hydrogen) atoms. The number of aromatic nitrogens is 2. The fourth-order valence-corrected chi connectivity index (χ4v) is 2.83. The zero-order valence-corrected chi connectivity index (χ0v) is 13.9. The van der Waals surface area contributed by atoms with E-state index in [4.69, 9.17) is 5.14 Å². The number of nitrogens with zero attached hydrogens (tertiary/aromatic N) is 2. The van der Waals surface area contributed by atoms with Gasteiger partial charge in [-0.1, -0.05) is 30.3 Å². The minimum absolute atomic E-state index is 0.181. The van der Waals surface area contributed by atoms with E-state index in [2.05, 4.69) is 9.82 Å². The van der Waals surface area contributed by atoms with Gasteiger partial charge in [0, 0.05) is 11.3 Å². The van der Waals surface area contributed by atoms with Crippen LogP contribution in [0.2, 0.25) is 0 Å². The van der Waals surface area contributed by atoms with Gasteiger partial charge in [-0.3, -0.25) is 4.72 Å². The van der Waals surface area contributed by atoms with E-state index in [0.29, 0.717) is 11.3 Å². The number of anilines is 1. The molecule has 0 saturated heterocycles. The molecule has 0 aliphatic heterocycles. The molecular weight excluding hydrogens is 369 g/mol. The van der Waals surface area contributed by atoms with Gasteiger partial charge in [0.1, 0.15) is 0 Å². The smallest absolute Gasteiger partial charge is 0.271 e. The van der Waals surface area contributed by atoms with Crippen molar-refractivity contribution in [1.29, 1.82) is 0 Å². The van der Waals surface area contributed by atoms with Crippen LogP contribution in [-0.4, -0.2) is 18.2 Å². The van der Waals surface area contributed by atoms with E-state index in [1.807, 2.05) is 0 Å². The molecule has 3 N–H and O–H groups in total. The summed E-state index contributed by atoms with van der Waals surface area (Å²) in [5, 5.41) is 8.55. The lowest BCUT2D eigenvalue weighted by molar-refractivity contribution is -0.141. The second-order valence-corrected chi connectivity index (χ2v) is 6.68. The molecule has 3 aromatic rings. The third kappa shape index (κ3) is 4.03. The Balaban J connectivity index is 2.07. The van der Waals surface area contributed by atoms with Gasteiger partial charge in [0.2, 0.25) is 0 Å². The molecule has 136 valence electrons. The first-order valence-electron chi connectivity index (χ1n) is 7.27. The Hall–Kier alpha value is -2.85.